The molecule has 3 N–H and O–H groups in total. The van der Waals surface area contributed by atoms with Crippen LogP contribution < -0.4 is 16.2 Å². The van der Waals surface area contributed by atoms with Crippen molar-refractivity contribution >= 4 is 29.5 Å². The van der Waals surface area contributed by atoms with Crippen molar-refractivity contribution in [2.75, 3.05) is 6.54 Å². The van der Waals surface area contributed by atoms with E-state index in [0.717, 1.165) is 0 Å². The zero-order valence-electron chi connectivity index (χ0n) is 13.9. The molecule has 0 spiro atoms. The predicted molar refractivity (Wildman–Crippen MR) is 90.5 cm³/mol. The number of benzene rings is 1. The summed E-state index contributed by atoms with van der Waals surface area (Å²) in [4.78, 5) is 34.9. The standard InChI is InChI=1S/C16H22ClN3O4/c1-16(2,3)24-15(23)18-10-6-9-13(21)19-20-14(22)11-7-4-5-8-12(11)17/h4-5,7-8H,6,9-10H2,1-3H3,(H,18,23)(H,19,21)(H,20,22). The Kier molecular flexibility index (Phi) is 7.51. The van der Waals surface area contributed by atoms with Crippen LogP contribution in [0.5, 0.6) is 0 Å². The van der Waals surface area contributed by atoms with Gasteiger partial charge in [-0.15, -0.1) is 0 Å². The van der Waals surface area contributed by atoms with E-state index < -0.39 is 17.6 Å². The van der Waals surface area contributed by atoms with Crippen molar-refractivity contribution in [2.45, 2.75) is 39.2 Å². The summed E-state index contributed by atoms with van der Waals surface area (Å²) in [6, 6.07) is 6.51. The van der Waals surface area contributed by atoms with Gasteiger partial charge in [0.25, 0.3) is 5.91 Å². The summed E-state index contributed by atoms with van der Waals surface area (Å²) in [5.41, 5.74) is 4.28. The second kappa shape index (κ2) is 9.12. The van der Waals surface area contributed by atoms with Gasteiger partial charge >= 0.3 is 6.09 Å². The number of rotatable bonds is 5. The van der Waals surface area contributed by atoms with Crippen molar-refractivity contribution < 1.29 is 19.1 Å². The van der Waals surface area contributed by atoms with Gasteiger partial charge in [0.15, 0.2) is 0 Å². The van der Waals surface area contributed by atoms with E-state index in [9.17, 15) is 14.4 Å². The van der Waals surface area contributed by atoms with Gasteiger partial charge in [-0.3, -0.25) is 20.4 Å². The van der Waals surface area contributed by atoms with Crippen LogP contribution in [0.25, 0.3) is 0 Å². The van der Waals surface area contributed by atoms with E-state index in [-0.39, 0.29) is 17.9 Å². The minimum atomic E-state index is -0.565. The summed E-state index contributed by atoms with van der Waals surface area (Å²) in [5.74, 6) is -0.873. The first-order valence-electron chi connectivity index (χ1n) is 7.49. The lowest BCUT2D eigenvalue weighted by Crippen LogP contribution is -2.42. The van der Waals surface area contributed by atoms with Crippen LogP contribution >= 0.6 is 11.6 Å². The molecule has 132 valence electrons. The van der Waals surface area contributed by atoms with Gasteiger partial charge in [-0.25, -0.2) is 4.79 Å². The van der Waals surface area contributed by atoms with Crippen LogP contribution in [0.1, 0.15) is 44.0 Å². The lowest BCUT2D eigenvalue weighted by atomic mass is 10.2. The van der Waals surface area contributed by atoms with Gasteiger partial charge in [0.05, 0.1) is 10.6 Å². The Balaban J connectivity index is 2.22. The van der Waals surface area contributed by atoms with E-state index in [2.05, 4.69) is 16.2 Å². The van der Waals surface area contributed by atoms with E-state index in [1.165, 1.54) is 0 Å². The number of hydrazine groups is 1. The molecule has 1 aromatic carbocycles. The average Bonchev–Trinajstić information content (AvgIpc) is 2.48. The van der Waals surface area contributed by atoms with Crippen molar-refractivity contribution in [3.63, 3.8) is 0 Å². The molecule has 0 aromatic heterocycles. The second-order valence-electron chi connectivity index (χ2n) is 6.01. The zero-order chi connectivity index (χ0) is 18.2. The Labute approximate surface area is 146 Å². The van der Waals surface area contributed by atoms with Crippen molar-refractivity contribution in [1.82, 2.24) is 16.2 Å². The largest absolute Gasteiger partial charge is 0.444 e. The third-order valence-corrected chi connectivity index (χ3v) is 3.01. The number of hydrogen-bond donors (Lipinski definition) is 3. The number of ether oxygens (including phenoxy) is 1. The molecule has 0 heterocycles. The quantitative estimate of drug-likeness (QED) is 0.558. The van der Waals surface area contributed by atoms with Gasteiger partial charge in [-0.2, -0.15) is 0 Å². The molecule has 8 heteroatoms. The molecule has 0 aliphatic carbocycles. The van der Waals surface area contributed by atoms with Gasteiger partial charge in [-0.05, 0) is 39.3 Å². The van der Waals surface area contributed by atoms with Crippen molar-refractivity contribution in [1.29, 1.82) is 0 Å². The van der Waals surface area contributed by atoms with E-state index >= 15 is 0 Å². The highest BCUT2D eigenvalue weighted by Gasteiger charge is 2.15. The van der Waals surface area contributed by atoms with E-state index in [0.29, 0.717) is 18.0 Å². The second-order valence-corrected chi connectivity index (χ2v) is 6.42. The molecule has 0 bridgehead atoms. The summed E-state index contributed by atoms with van der Waals surface area (Å²) in [5, 5.41) is 2.84. The minimum absolute atomic E-state index is 0.137. The normalized spacial score (nSPS) is 10.7. The highest BCUT2D eigenvalue weighted by Crippen LogP contribution is 2.14. The number of alkyl carbamates (subject to hydrolysis) is 1. The maximum atomic E-state index is 11.8. The molecule has 0 unspecified atom stereocenters. The SMILES string of the molecule is CC(C)(C)OC(=O)NCCCC(=O)NNC(=O)c1ccccc1Cl. The van der Waals surface area contributed by atoms with E-state index in [1.807, 2.05) is 0 Å². The fourth-order valence-electron chi connectivity index (χ4n) is 1.66. The summed E-state index contributed by atoms with van der Waals surface area (Å²) >= 11 is 5.89. The molecule has 0 aliphatic rings. The fraction of sp³-hybridized carbons (Fsp3) is 0.438. The summed E-state index contributed by atoms with van der Waals surface area (Å²) in [7, 11) is 0. The molecule has 24 heavy (non-hydrogen) atoms. The number of nitrogens with one attached hydrogen (secondary N) is 3. The number of hydrogen-bond acceptors (Lipinski definition) is 4. The third kappa shape index (κ3) is 7.82. The van der Waals surface area contributed by atoms with Crippen molar-refractivity contribution in [3.8, 4) is 0 Å². The Morgan fingerprint density at radius 2 is 1.79 bits per heavy atom. The first kappa shape index (κ1) is 19.8. The molecule has 0 saturated carbocycles. The number of halogens is 1. The first-order valence-corrected chi connectivity index (χ1v) is 7.87. The molecular weight excluding hydrogens is 334 g/mol. The summed E-state index contributed by atoms with van der Waals surface area (Å²) in [6.45, 7) is 5.59. The smallest absolute Gasteiger partial charge is 0.407 e. The summed E-state index contributed by atoms with van der Waals surface area (Å²) < 4.78 is 5.06. The molecule has 7 nitrogen and oxygen atoms in total. The molecule has 0 saturated heterocycles. The van der Waals surface area contributed by atoms with Crippen LogP contribution in [0.15, 0.2) is 24.3 Å². The van der Waals surface area contributed by atoms with E-state index in [1.54, 1.807) is 45.0 Å². The maximum absolute atomic E-state index is 11.8. The topological polar surface area (TPSA) is 96.5 Å². The lowest BCUT2D eigenvalue weighted by Gasteiger charge is -2.19. The molecule has 0 aliphatic heterocycles. The molecular formula is C16H22ClN3O4. The lowest BCUT2D eigenvalue weighted by molar-refractivity contribution is -0.121. The first-order chi connectivity index (χ1) is 11.2. The summed E-state index contributed by atoms with van der Waals surface area (Å²) in [6.07, 6.45) is 0.0148. The number of carbonyl (C=O) groups is 3. The monoisotopic (exact) mass is 355 g/mol. The highest BCUT2D eigenvalue weighted by molar-refractivity contribution is 6.33. The van der Waals surface area contributed by atoms with Gasteiger partial charge in [0, 0.05) is 13.0 Å². The highest BCUT2D eigenvalue weighted by atomic mass is 35.5. The number of carbonyl (C=O) groups excluding carboxylic acids is 3. The Morgan fingerprint density at radius 1 is 1.12 bits per heavy atom. The Hall–Kier alpha value is -2.28. The van der Waals surface area contributed by atoms with Gasteiger partial charge in [0.2, 0.25) is 5.91 Å². The Morgan fingerprint density at radius 3 is 2.42 bits per heavy atom. The van der Waals surface area contributed by atoms with Crippen molar-refractivity contribution in [3.05, 3.63) is 34.9 Å². The van der Waals surface area contributed by atoms with Gasteiger partial charge in [-0.1, -0.05) is 23.7 Å². The van der Waals surface area contributed by atoms with Gasteiger partial charge in [0.1, 0.15) is 5.60 Å². The van der Waals surface area contributed by atoms with Crippen LogP contribution in [0.2, 0.25) is 5.02 Å². The predicted octanol–water partition coefficient (Wildman–Crippen LogP) is 2.41. The molecule has 1 rings (SSSR count). The van der Waals surface area contributed by atoms with Crippen molar-refractivity contribution in [2.24, 2.45) is 0 Å². The van der Waals surface area contributed by atoms with Crippen LogP contribution in [-0.2, 0) is 9.53 Å². The molecule has 0 fully saturated rings. The number of amides is 3. The Bertz CT molecular complexity index is 599. The average molecular weight is 356 g/mol. The van der Waals surface area contributed by atoms with Crippen LogP contribution in [0.4, 0.5) is 4.79 Å². The fourth-order valence-corrected chi connectivity index (χ4v) is 1.88. The molecule has 0 atom stereocenters. The van der Waals surface area contributed by atoms with E-state index in [4.69, 9.17) is 16.3 Å². The maximum Gasteiger partial charge on any atom is 0.407 e. The molecule has 3 amide bonds. The third-order valence-electron chi connectivity index (χ3n) is 2.68. The molecule has 1 aromatic rings. The van der Waals surface area contributed by atoms with Crippen LogP contribution in [-0.4, -0.2) is 30.1 Å². The minimum Gasteiger partial charge on any atom is -0.444 e. The van der Waals surface area contributed by atoms with Crippen LogP contribution in [0, 0.1) is 0 Å². The van der Waals surface area contributed by atoms with Crippen LogP contribution in [0.3, 0.4) is 0 Å². The van der Waals surface area contributed by atoms with Gasteiger partial charge < -0.3 is 10.1 Å². The molecule has 0 radical (unpaired) electrons. The zero-order valence-corrected chi connectivity index (χ0v) is 14.7.